The van der Waals surface area contributed by atoms with E-state index in [1.807, 2.05) is 85.3 Å². The molecule has 0 atom stereocenters. The number of fused-ring (bicyclic) bond motifs is 6. The van der Waals surface area contributed by atoms with Gasteiger partial charge in [0, 0.05) is 33.7 Å². The second-order valence-corrected chi connectivity index (χ2v) is 8.94. The molecule has 3 nitrogen and oxygen atoms in total. The third-order valence-corrected chi connectivity index (χ3v) is 6.87. The van der Waals surface area contributed by atoms with E-state index in [0.717, 1.165) is 43.9 Å². The van der Waals surface area contributed by atoms with Crippen LogP contribution in [0.5, 0.6) is 0 Å². The third-order valence-electron chi connectivity index (χ3n) is 6.87. The number of rotatable bonds is 2. The Kier molecular flexibility index (Phi) is 3.94. The smallest absolute Gasteiger partial charge is 0.216 e. The van der Waals surface area contributed by atoms with Gasteiger partial charge in [0.25, 0.3) is 0 Å². The highest BCUT2D eigenvalue weighted by molar-refractivity contribution is 6.14. The lowest BCUT2D eigenvalue weighted by atomic mass is 9.98. The highest BCUT2D eigenvalue weighted by atomic mass is 19.1. The summed E-state index contributed by atoms with van der Waals surface area (Å²) in [5.41, 5.74) is 6.59. The summed E-state index contributed by atoms with van der Waals surface area (Å²) in [4.78, 5) is 0. The second-order valence-electron chi connectivity index (χ2n) is 8.94. The number of halogens is 1. The molecular formula is C31H21FNO2+. The number of aryl methyl sites for hydroxylation is 1. The average Bonchev–Trinajstić information content (AvgIpc) is 3.43. The molecule has 0 aliphatic carbocycles. The summed E-state index contributed by atoms with van der Waals surface area (Å²) < 4.78 is 38.1. The normalized spacial score (nSPS) is 12.3. The van der Waals surface area contributed by atoms with Crippen molar-refractivity contribution in [2.24, 2.45) is 7.05 Å². The van der Waals surface area contributed by atoms with Crippen molar-refractivity contribution >= 4 is 43.9 Å². The molecule has 35 heavy (non-hydrogen) atoms. The van der Waals surface area contributed by atoms with E-state index in [4.69, 9.17) is 10.2 Å². The van der Waals surface area contributed by atoms with Crippen LogP contribution in [0, 0.1) is 12.7 Å². The van der Waals surface area contributed by atoms with Crippen LogP contribution in [0.3, 0.4) is 0 Å². The van der Waals surface area contributed by atoms with Crippen molar-refractivity contribution in [2.75, 3.05) is 0 Å². The summed E-state index contributed by atoms with van der Waals surface area (Å²) in [6.45, 7) is 2.02. The highest BCUT2D eigenvalue weighted by Crippen LogP contribution is 2.42. The van der Waals surface area contributed by atoms with Crippen LogP contribution in [-0.4, -0.2) is 0 Å². The molecule has 3 aromatic heterocycles. The lowest BCUT2D eigenvalue weighted by Gasteiger charge is -2.05. The molecule has 168 valence electrons. The average molecular weight is 460 g/mol. The maximum Gasteiger partial charge on any atom is 0.216 e. The molecule has 0 aliphatic heterocycles. The first-order chi connectivity index (χ1) is 17.5. The molecule has 0 fully saturated rings. The minimum atomic E-state index is -0.353. The van der Waals surface area contributed by atoms with Gasteiger partial charge in [-0.2, -0.15) is 0 Å². The molecule has 0 unspecified atom stereocenters. The van der Waals surface area contributed by atoms with Crippen molar-refractivity contribution in [1.82, 2.24) is 0 Å². The van der Waals surface area contributed by atoms with E-state index in [1.165, 1.54) is 6.07 Å². The van der Waals surface area contributed by atoms with Crippen molar-refractivity contribution in [1.29, 1.82) is 0 Å². The fourth-order valence-electron chi connectivity index (χ4n) is 5.17. The molecule has 0 bridgehead atoms. The summed E-state index contributed by atoms with van der Waals surface area (Å²) in [6.07, 6.45) is 0.394. The summed E-state index contributed by atoms with van der Waals surface area (Å²) in [5.74, 6) is -0.353. The first-order valence-corrected chi connectivity index (χ1v) is 11.5. The minimum Gasteiger partial charge on any atom is -0.456 e. The van der Waals surface area contributed by atoms with Gasteiger partial charge in [0.15, 0.2) is 6.17 Å². The zero-order chi connectivity index (χ0) is 24.6. The first kappa shape index (κ1) is 18.9. The number of para-hydroxylation sites is 1. The molecule has 0 amide bonds. The topological polar surface area (TPSA) is 30.2 Å². The Balaban J connectivity index is 1.53. The van der Waals surface area contributed by atoms with Gasteiger partial charge in [-0.05, 0) is 54.4 Å². The van der Waals surface area contributed by atoms with Crippen LogP contribution < -0.4 is 4.57 Å². The van der Waals surface area contributed by atoms with E-state index < -0.39 is 0 Å². The molecule has 0 spiro atoms. The molecule has 3 heterocycles. The first-order valence-electron chi connectivity index (χ1n) is 12.0. The number of aromatic nitrogens is 1. The van der Waals surface area contributed by atoms with Gasteiger partial charge in [-0.25, -0.2) is 8.96 Å². The quantitative estimate of drug-likeness (QED) is 0.245. The Morgan fingerprint density at radius 2 is 1.43 bits per heavy atom. The summed E-state index contributed by atoms with van der Waals surface area (Å²) in [6, 6.07) is 26.6. The molecule has 0 N–H and O–H groups in total. The van der Waals surface area contributed by atoms with Crippen LogP contribution in [0.1, 0.15) is 6.93 Å². The minimum absolute atomic E-state index is 0.353. The molecule has 0 aliphatic rings. The van der Waals surface area contributed by atoms with E-state index in [9.17, 15) is 0 Å². The fraction of sp³-hybridized carbons (Fsp3) is 0.0645. The Morgan fingerprint density at radius 1 is 0.714 bits per heavy atom. The summed E-state index contributed by atoms with van der Waals surface area (Å²) in [7, 11) is 1.87. The monoisotopic (exact) mass is 459 g/mol. The highest BCUT2D eigenvalue weighted by Gasteiger charge is 2.23. The molecule has 0 radical (unpaired) electrons. The van der Waals surface area contributed by atoms with Gasteiger partial charge in [0.1, 0.15) is 36.6 Å². The lowest BCUT2D eigenvalue weighted by Crippen LogP contribution is -2.30. The van der Waals surface area contributed by atoms with Gasteiger partial charge in [-0.1, -0.05) is 36.4 Å². The van der Waals surface area contributed by atoms with Crippen LogP contribution in [0.15, 0.2) is 99.9 Å². The summed E-state index contributed by atoms with van der Waals surface area (Å²) in [5, 5.41) is 3.78. The zero-order valence-corrected chi connectivity index (χ0v) is 19.2. The molecular weight excluding hydrogens is 437 g/mol. The van der Waals surface area contributed by atoms with Crippen molar-refractivity contribution < 1.29 is 19.2 Å². The van der Waals surface area contributed by atoms with Crippen LogP contribution in [-0.2, 0) is 7.05 Å². The van der Waals surface area contributed by atoms with Crippen molar-refractivity contribution in [3.8, 4) is 22.4 Å². The van der Waals surface area contributed by atoms with Crippen molar-refractivity contribution in [3.05, 3.63) is 102 Å². The molecule has 4 aromatic carbocycles. The van der Waals surface area contributed by atoms with Gasteiger partial charge in [-0.3, -0.25) is 0 Å². The Hall–Kier alpha value is -4.44. The predicted molar refractivity (Wildman–Crippen MR) is 138 cm³/mol. The lowest BCUT2D eigenvalue weighted by molar-refractivity contribution is -0.660. The second kappa shape index (κ2) is 7.28. The largest absolute Gasteiger partial charge is 0.456 e. The number of hydrogen-bond donors (Lipinski definition) is 0. The van der Waals surface area contributed by atoms with E-state index in [-0.39, 0.29) is 5.82 Å². The SMILES string of the molecule is [2H]c1cccc(-c2c(C)ccc3c2oc2c(-c4ccc5c(c4)oc4ccccc45)c(F)ccc23)[n+]1C. The third kappa shape index (κ3) is 2.86. The Morgan fingerprint density at radius 3 is 2.31 bits per heavy atom. The molecule has 0 saturated carbocycles. The fourth-order valence-corrected chi connectivity index (χ4v) is 5.17. The van der Waals surface area contributed by atoms with Crippen LogP contribution in [0.25, 0.3) is 66.3 Å². The van der Waals surface area contributed by atoms with Crippen molar-refractivity contribution in [3.63, 3.8) is 0 Å². The van der Waals surface area contributed by atoms with Gasteiger partial charge in [0.2, 0.25) is 5.69 Å². The maximum absolute atomic E-state index is 15.4. The van der Waals surface area contributed by atoms with E-state index in [2.05, 4.69) is 0 Å². The number of furan rings is 2. The molecule has 0 saturated heterocycles. The molecule has 4 heteroatoms. The van der Waals surface area contributed by atoms with E-state index in [1.54, 1.807) is 12.1 Å². The number of pyridine rings is 1. The summed E-state index contributed by atoms with van der Waals surface area (Å²) >= 11 is 0. The van der Waals surface area contributed by atoms with Gasteiger partial charge < -0.3 is 8.83 Å². The molecule has 7 aromatic rings. The van der Waals surface area contributed by atoms with Gasteiger partial charge in [-0.15, -0.1) is 0 Å². The van der Waals surface area contributed by atoms with Gasteiger partial charge >= 0.3 is 0 Å². The number of benzene rings is 4. The molecule has 7 rings (SSSR count). The predicted octanol–water partition coefficient (Wildman–Crippen LogP) is 8.09. The van der Waals surface area contributed by atoms with Crippen LogP contribution >= 0.6 is 0 Å². The maximum atomic E-state index is 15.4. The van der Waals surface area contributed by atoms with Gasteiger partial charge in [0.05, 0.1) is 11.1 Å². The van der Waals surface area contributed by atoms with E-state index in [0.29, 0.717) is 34.0 Å². The van der Waals surface area contributed by atoms with Crippen LogP contribution in [0.4, 0.5) is 4.39 Å². The number of hydrogen-bond acceptors (Lipinski definition) is 2. The Bertz CT molecular complexity index is 2000. The van der Waals surface area contributed by atoms with Crippen molar-refractivity contribution in [2.45, 2.75) is 6.92 Å². The zero-order valence-electron chi connectivity index (χ0n) is 20.2. The van der Waals surface area contributed by atoms with Crippen LogP contribution in [0.2, 0.25) is 0 Å². The standard InChI is InChI=1S/C31H21FNO2/c1-18-10-12-22-23-14-15-24(32)29(31(23)35-30(22)28(18)25-8-5-6-16-33(25)2)19-11-13-21-20-7-3-4-9-26(20)34-27(21)17-19/h3-17H,1-2H3/q+1/i16D. The Labute approximate surface area is 202 Å². The van der Waals surface area contributed by atoms with E-state index >= 15 is 4.39 Å². The number of nitrogens with zero attached hydrogens (tertiary/aromatic N) is 1.